The third kappa shape index (κ3) is 3.89. The van der Waals surface area contributed by atoms with Gasteiger partial charge in [-0.05, 0) is 23.8 Å². The minimum absolute atomic E-state index is 0.140. The van der Waals surface area contributed by atoms with Crippen LogP contribution in [0.25, 0.3) is 0 Å². The molecule has 1 heterocycles. The number of halogens is 1. The molecule has 0 unspecified atom stereocenters. The largest absolute Gasteiger partial charge is 0.369 e. The molecule has 1 saturated heterocycles. The van der Waals surface area contributed by atoms with E-state index in [1.807, 2.05) is 18.2 Å². The van der Waals surface area contributed by atoms with Gasteiger partial charge in [-0.15, -0.1) is 0 Å². The molecule has 0 amide bonds. The van der Waals surface area contributed by atoms with Crippen molar-refractivity contribution in [3.63, 3.8) is 0 Å². The topological polar surface area (TPSA) is 49.6 Å². The molecule has 0 aromatic heterocycles. The maximum Gasteiger partial charge on any atom is 0.269 e. The van der Waals surface area contributed by atoms with E-state index in [2.05, 4.69) is 43.9 Å². The van der Waals surface area contributed by atoms with Crippen molar-refractivity contribution >= 4 is 27.3 Å². The predicted octanol–water partition coefficient (Wildman–Crippen LogP) is 3.68. The molecular formula is C17H18BrN3O2. The molecule has 23 heavy (non-hydrogen) atoms. The summed E-state index contributed by atoms with van der Waals surface area (Å²) in [6.45, 7) is 4.77. The maximum atomic E-state index is 10.7. The monoisotopic (exact) mass is 375 g/mol. The van der Waals surface area contributed by atoms with Crippen LogP contribution < -0.4 is 4.90 Å². The number of benzene rings is 2. The van der Waals surface area contributed by atoms with Gasteiger partial charge in [-0.1, -0.05) is 34.1 Å². The molecule has 1 aliphatic rings. The molecule has 0 bridgehead atoms. The highest BCUT2D eigenvalue weighted by Gasteiger charge is 2.18. The Morgan fingerprint density at radius 1 is 1.00 bits per heavy atom. The number of non-ortho nitro benzene ring substituents is 1. The lowest BCUT2D eigenvalue weighted by Crippen LogP contribution is -2.46. The van der Waals surface area contributed by atoms with Gasteiger partial charge in [0.15, 0.2) is 0 Å². The molecule has 3 rings (SSSR count). The Hall–Kier alpha value is -1.92. The third-order valence-electron chi connectivity index (χ3n) is 4.15. The summed E-state index contributed by atoms with van der Waals surface area (Å²) in [5.74, 6) is 0. The molecular weight excluding hydrogens is 358 g/mol. The molecule has 0 aliphatic carbocycles. The van der Waals surface area contributed by atoms with E-state index in [4.69, 9.17) is 0 Å². The Morgan fingerprint density at radius 2 is 1.65 bits per heavy atom. The highest BCUT2D eigenvalue weighted by Crippen LogP contribution is 2.22. The lowest BCUT2D eigenvalue weighted by Gasteiger charge is -2.36. The second-order valence-electron chi connectivity index (χ2n) is 5.63. The number of rotatable bonds is 4. The highest BCUT2D eigenvalue weighted by molar-refractivity contribution is 9.10. The highest BCUT2D eigenvalue weighted by atomic mass is 79.9. The van der Waals surface area contributed by atoms with Crippen molar-refractivity contribution in [2.75, 3.05) is 31.1 Å². The Bertz CT molecular complexity index is 682. The van der Waals surface area contributed by atoms with Gasteiger partial charge in [-0.25, -0.2) is 0 Å². The number of hydrogen-bond acceptors (Lipinski definition) is 4. The maximum absolute atomic E-state index is 10.7. The normalized spacial score (nSPS) is 15.6. The number of piperazine rings is 1. The Balaban J connectivity index is 1.58. The van der Waals surface area contributed by atoms with Gasteiger partial charge in [-0.3, -0.25) is 15.0 Å². The van der Waals surface area contributed by atoms with Gasteiger partial charge in [-0.2, -0.15) is 0 Å². The van der Waals surface area contributed by atoms with Crippen LogP contribution in [0.2, 0.25) is 0 Å². The molecule has 1 aliphatic heterocycles. The van der Waals surface area contributed by atoms with Crippen LogP contribution in [0.3, 0.4) is 0 Å². The molecule has 6 heteroatoms. The third-order valence-corrected chi connectivity index (χ3v) is 4.92. The van der Waals surface area contributed by atoms with E-state index in [1.165, 1.54) is 5.56 Å². The summed E-state index contributed by atoms with van der Waals surface area (Å²) in [5.41, 5.74) is 2.49. The Morgan fingerprint density at radius 3 is 2.26 bits per heavy atom. The van der Waals surface area contributed by atoms with E-state index in [-0.39, 0.29) is 10.6 Å². The average molecular weight is 376 g/mol. The van der Waals surface area contributed by atoms with E-state index < -0.39 is 0 Å². The summed E-state index contributed by atoms with van der Waals surface area (Å²) in [6.07, 6.45) is 0. The van der Waals surface area contributed by atoms with Crippen LogP contribution in [0.5, 0.6) is 0 Å². The van der Waals surface area contributed by atoms with Crippen LogP contribution >= 0.6 is 15.9 Å². The van der Waals surface area contributed by atoms with Gasteiger partial charge in [0.25, 0.3) is 5.69 Å². The fourth-order valence-electron chi connectivity index (χ4n) is 2.82. The van der Waals surface area contributed by atoms with Crippen molar-refractivity contribution in [3.8, 4) is 0 Å². The van der Waals surface area contributed by atoms with Crippen molar-refractivity contribution in [2.24, 2.45) is 0 Å². The smallest absolute Gasteiger partial charge is 0.269 e. The van der Waals surface area contributed by atoms with Crippen LogP contribution in [0.1, 0.15) is 5.56 Å². The molecule has 1 fully saturated rings. The minimum Gasteiger partial charge on any atom is -0.369 e. The van der Waals surface area contributed by atoms with E-state index in [1.54, 1.807) is 12.1 Å². The van der Waals surface area contributed by atoms with E-state index in [0.29, 0.717) is 0 Å². The predicted molar refractivity (Wildman–Crippen MR) is 94.7 cm³/mol. The first-order chi connectivity index (χ1) is 11.1. The Kier molecular flexibility index (Phi) is 4.93. The van der Waals surface area contributed by atoms with E-state index in [0.717, 1.165) is 42.9 Å². The first-order valence-corrected chi connectivity index (χ1v) is 8.38. The molecule has 0 N–H and O–H groups in total. The summed E-state index contributed by atoms with van der Waals surface area (Å²) in [6, 6.07) is 15.1. The van der Waals surface area contributed by atoms with Crippen LogP contribution in [0.15, 0.2) is 53.0 Å². The quantitative estimate of drug-likeness (QED) is 0.604. The second-order valence-corrected chi connectivity index (χ2v) is 6.48. The van der Waals surface area contributed by atoms with Crippen molar-refractivity contribution in [2.45, 2.75) is 6.54 Å². The lowest BCUT2D eigenvalue weighted by atomic mass is 10.2. The van der Waals surface area contributed by atoms with E-state index in [9.17, 15) is 10.1 Å². The first-order valence-electron chi connectivity index (χ1n) is 7.58. The SMILES string of the molecule is O=[N+]([O-])c1ccc(N2CCN(Cc3ccccc3Br)CC2)cc1. The van der Waals surface area contributed by atoms with Crippen molar-refractivity contribution < 1.29 is 4.92 Å². The molecule has 120 valence electrons. The van der Waals surface area contributed by atoms with Gasteiger partial charge in [0.1, 0.15) is 0 Å². The lowest BCUT2D eigenvalue weighted by molar-refractivity contribution is -0.384. The Labute approximate surface area is 143 Å². The molecule has 2 aromatic carbocycles. The summed E-state index contributed by atoms with van der Waals surface area (Å²) < 4.78 is 1.15. The first kappa shape index (κ1) is 16.0. The van der Waals surface area contributed by atoms with Gasteiger partial charge in [0.2, 0.25) is 0 Å². The molecule has 5 nitrogen and oxygen atoms in total. The van der Waals surface area contributed by atoms with Crippen molar-refractivity contribution in [1.29, 1.82) is 0 Å². The summed E-state index contributed by atoms with van der Waals surface area (Å²) in [7, 11) is 0. The van der Waals surface area contributed by atoms with Gasteiger partial charge < -0.3 is 4.90 Å². The number of nitro benzene ring substituents is 1. The fraction of sp³-hybridized carbons (Fsp3) is 0.294. The van der Waals surface area contributed by atoms with Crippen molar-refractivity contribution in [1.82, 2.24) is 4.90 Å². The molecule has 0 atom stereocenters. The van der Waals surface area contributed by atoms with Crippen molar-refractivity contribution in [3.05, 3.63) is 68.7 Å². The number of hydrogen-bond donors (Lipinski definition) is 0. The van der Waals surface area contributed by atoms with Gasteiger partial charge in [0.05, 0.1) is 4.92 Å². The second kappa shape index (κ2) is 7.10. The zero-order valence-electron chi connectivity index (χ0n) is 12.7. The minimum atomic E-state index is -0.362. The zero-order valence-corrected chi connectivity index (χ0v) is 14.3. The number of nitro groups is 1. The number of anilines is 1. The fourth-order valence-corrected chi connectivity index (χ4v) is 3.23. The molecule has 2 aromatic rings. The molecule has 0 spiro atoms. The summed E-state index contributed by atoms with van der Waals surface area (Å²) in [4.78, 5) is 15.1. The van der Waals surface area contributed by atoms with Gasteiger partial charge in [0, 0.05) is 55.0 Å². The standard InChI is InChI=1S/C17H18BrN3O2/c18-17-4-2-1-3-14(17)13-19-9-11-20(12-10-19)15-5-7-16(8-6-15)21(22)23/h1-8H,9-13H2. The van der Waals surface area contributed by atoms with Crippen LogP contribution in [0, 0.1) is 10.1 Å². The summed E-state index contributed by atoms with van der Waals surface area (Å²) >= 11 is 3.60. The molecule has 0 saturated carbocycles. The van der Waals surface area contributed by atoms with Crippen LogP contribution in [-0.2, 0) is 6.54 Å². The number of nitrogens with zero attached hydrogens (tertiary/aromatic N) is 3. The average Bonchev–Trinajstić information content (AvgIpc) is 2.58. The summed E-state index contributed by atoms with van der Waals surface area (Å²) in [5, 5.41) is 10.7. The van der Waals surface area contributed by atoms with Gasteiger partial charge >= 0.3 is 0 Å². The van der Waals surface area contributed by atoms with E-state index >= 15 is 0 Å². The molecule has 0 radical (unpaired) electrons. The van der Waals surface area contributed by atoms with Crippen LogP contribution in [-0.4, -0.2) is 36.0 Å². The van der Waals surface area contributed by atoms with Crippen LogP contribution in [0.4, 0.5) is 11.4 Å². The zero-order chi connectivity index (χ0) is 16.2.